The molecule has 142 valence electrons. The van der Waals surface area contributed by atoms with Crippen molar-refractivity contribution in [3.63, 3.8) is 0 Å². The van der Waals surface area contributed by atoms with Crippen LogP contribution in [0.1, 0.15) is 61.7 Å². The van der Waals surface area contributed by atoms with E-state index in [-0.39, 0.29) is 11.9 Å². The summed E-state index contributed by atoms with van der Waals surface area (Å²) in [6.45, 7) is 4.03. The summed E-state index contributed by atoms with van der Waals surface area (Å²) in [5.74, 6) is 3.66. The van der Waals surface area contributed by atoms with Crippen molar-refractivity contribution in [1.82, 2.24) is 10.3 Å². The Morgan fingerprint density at radius 3 is 2.30 bits per heavy atom. The Labute approximate surface area is 160 Å². The monoisotopic (exact) mass is 364 g/mol. The zero-order valence-corrected chi connectivity index (χ0v) is 16.2. The molecule has 1 atom stereocenters. The fourth-order valence-electron chi connectivity index (χ4n) is 6.44. The molecule has 4 heteroatoms. The van der Waals surface area contributed by atoms with E-state index < -0.39 is 0 Å². The van der Waals surface area contributed by atoms with E-state index in [1.54, 1.807) is 0 Å². The highest BCUT2D eigenvalue weighted by Gasteiger charge is 2.53. The zero-order chi connectivity index (χ0) is 18.6. The third kappa shape index (κ3) is 2.90. The summed E-state index contributed by atoms with van der Waals surface area (Å²) in [5.41, 5.74) is 1.61. The predicted octanol–water partition coefficient (Wildman–Crippen LogP) is 4.98. The number of nitrogens with zero attached hydrogens (tertiary/aromatic N) is 1. The molecular weight excluding hydrogens is 336 g/mol. The number of carbonyl (C=O) groups excluding carboxylic acids is 1. The summed E-state index contributed by atoms with van der Waals surface area (Å²) in [4.78, 5) is 17.5. The number of nitrogens with one attached hydrogen (secondary N) is 1. The van der Waals surface area contributed by atoms with E-state index in [1.807, 2.05) is 37.3 Å². The second kappa shape index (κ2) is 6.22. The largest absolute Gasteiger partial charge is 0.441 e. The Bertz CT molecular complexity index is 819. The van der Waals surface area contributed by atoms with E-state index in [2.05, 4.69) is 17.2 Å². The van der Waals surface area contributed by atoms with Crippen molar-refractivity contribution < 1.29 is 9.21 Å². The SMILES string of the molecule is Cc1oc(-c2ccccc2)nc1C(=O)NC(C)C12CC3CC(CC(C3)C1)C2. The number of hydrogen-bond acceptors (Lipinski definition) is 3. The summed E-state index contributed by atoms with van der Waals surface area (Å²) in [7, 11) is 0. The fraction of sp³-hybridized carbons (Fsp3) is 0.565. The van der Waals surface area contributed by atoms with E-state index >= 15 is 0 Å². The maximum atomic E-state index is 13.0. The molecule has 4 fully saturated rings. The molecule has 6 rings (SSSR count). The number of rotatable bonds is 4. The van der Waals surface area contributed by atoms with E-state index in [9.17, 15) is 4.79 Å². The van der Waals surface area contributed by atoms with Gasteiger partial charge in [0.05, 0.1) is 0 Å². The van der Waals surface area contributed by atoms with E-state index in [1.165, 1.54) is 38.5 Å². The summed E-state index contributed by atoms with van der Waals surface area (Å²) < 4.78 is 5.78. The van der Waals surface area contributed by atoms with Gasteiger partial charge in [-0.05, 0) is 87.7 Å². The third-order valence-electron chi connectivity index (χ3n) is 7.38. The van der Waals surface area contributed by atoms with Crippen molar-refractivity contribution in [1.29, 1.82) is 0 Å². The lowest BCUT2D eigenvalue weighted by Gasteiger charge is -2.59. The molecule has 1 aromatic carbocycles. The first-order valence-corrected chi connectivity index (χ1v) is 10.4. The Hall–Kier alpha value is -2.10. The van der Waals surface area contributed by atoms with Gasteiger partial charge in [-0.15, -0.1) is 0 Å². The van der Waals surface area contributed by atoms with Crippen molar-refractivity contribution in [2.75, 3.05) is 0 Å². The second-order valence-electron chi connectivity index (χ2n) is 9.26. The summed E-state index contributed by atoms with van der Waals surface area (Å²) >= 11 is 0. The van der Waals surface area contributed by atoms with Crippen LogP contribution in [0, 0.1) is 30.1 Å². The van der Waals surface area contributed by atoms with Gasteiger partial charge in [-0.1, -0.05) is 18.2 Å². The quantitative estimate of drug-likeness (QED) is 0.832. The normalized spacial score (nSPS) is 32.4. The van der Waals surface area contributed by atoms with Crippen LogP contribution in [-0.4, -0.2) is 16.9 Å². The van der Waals surface area contributed by atoms with Gasteiger partial charge in [0.15, 0.2) is 5.69 Å². The molecule has 4 aliphatic rings. The van der Waals surface area contributed by atoms with Gasteiger partial charge in [0.25, 0.3) is 5.91 Å². The van der Waals surface area contributed by atoms with E-state index in [0.717, 1.165) is 23.3 Å². The highest BCUT2D eigenvalue weighted by molar-refractivity contribution is 5.93. The van der Waals surface area contributed by atoms with Crippen LogP contribution < -0.4 is 5.32 Å². The number of amides is 1. The van der Waals surface area contributed by atoms with Crippen LogP contribution in [0.2, 0.25) is 0 Å². The predicted molar refractivity (Wildman–Crippen MR) is 104 cm³/mol. The zero-order valence-electron chi connectivity index (χ0n) is 16.2. The number of oxazole rings is 1. The van der Waals surface area contributed by atoms with Crippen molar-refractivity contribution in [3.05, 3.63) is 41.8 Å². The Balaban J connectivity index is 1.34. The first kappa shape index (κ1) is 17.0. The van der Waals surface area contributed by atoms with Gasteiger partial charge in [-0.25, -0.2) is 4.98 Å². The molecule has 0 saturated heterocycles. The van der Waals surface area contributed by atoms with Gasteiger partial charge in [0.1, 0.15) is 5.76 Å². The molecule has 0 spiro atoms. The highest BCUT2D eigenvalue weighted by Crippen LogP contribution is 2.61. The molecule has 4 nitrogen and oxygen atoms in total. The second-order valence-corrected chi connectivity index (χ2v) is 9.26. The maximum absolute atomic E-state index is 13.0. The highest BCUT2D eigenvalue weighted by atomic mass is 16.4. The molecular formula is C23H28N2O2. The maximum Gasteiger partial charge on any atom is 0.273 e. The molecule has 1 amide bonds. The smallest absolute Gasteiger partial charge is 0.273 e. The Morgan fingerprint density at radius 1 is 1.11 bits per heavy atom. The van der Waals surface area contributed by atoms with E-state index in [4.69, 9.17) is 4.42 Å². The first-order chi connectivity index (χ1) is 13.0. The summed E-state index contributed by atoms with van der Waals surface area (Å²) in [6.07, 6.45) is 8.11. The van der Waals surface area contributed by atoms with Crippen LogP contribution >= 0.6 is 0 Å². The topological polar surface area (TPSA) is 55.1 Å². The van der Waals surface area contributed by atoms with Gasteiger partial charge in [-0.3, -0.25) is 4.79 Å². The molecule has 27 heavy (non-hydrogen) atoms. The van der Waals surface area contributed by atoms with Crippen molar-refractivity contribution in [3.8, 4) is 11.5 Å². The van der Waals surface area contributed by atoms with Crippen molar-refractivity contribution in [2.45, 2.75) is 58.4 Å². The lowest BCUT2D eigenvalue weighted by atomic mass is 9.48. The van der Waals surface area contributed by atoms with Gasteiger partial charge in [0, 0.05) is 11.6 Å². The first-order valence-electron chi connectivity index (χ1n) is 10.4. The average Bonchev–Trinajstić information content (AvgIpc) is 3.03. The van der Waals surface area contributed by atoms with Crippen LogP contribution in [0.4, 0.5) is 0 Å². The number of hydrogen-bond donors (Lipinski definition) is 1. The minimum absolute atomic E-state index is 0.0957. The van der Waals surface area contributed by atoms with Gasteiger partial charge in [-0.2, -0.15) is 0 Å². The number of aryl methyl sites for hydroxylation is 1. The number of carbonyl (C=O) groups is 1. The van der Waals surface area contributed by atoms with Crippen LogP contribution in [-0.2, 0) is 0 Å². The Kier molecular flexibility index (Phi) is 3.92. The molecule has 1 heterocycles. The molecule has 1 aromatic heterocycles. The minimum atomic E-state index is -0.0957. The minimum Gasteiger partial charge on any atom is -0.441 e. The Morgan fingerprint density at radius 2 is 1.70 bits per heavy atom. The standard InChI is InChI=1S/C23H28N2O2/c1-14-20(25-22(27-14)19-6-4-3-5-7-19)21(26)24-15(2)23-11-16-8-17(12-23)10-18(9-16)13-23/h3-7,15-18H,8-13H2,1-2H3,(H,24,26). The molecule has 2 aromatic rings. The molecule has 4 bridgehead atoms. The van der Waals surface area contributed by atoms with Crippen molar-refractivity contribution >= 4 is 5.91 Å². The molecule has 1 N–H and O–H groups in total. The number of benzene rings is 1. The van der Waals surface area contributed by atoms with Crippen LogP contribution in [0.3, 0.4) is 0 Å². The van der Waals surface area contributed by atoms with Gasteiger partial charge < -0.3 is 9.73 Å². The third-order valence-corrected chi connectivity index (χ3v) is 7.38. The van der Waals surface area contributed by atoms with Crippen LogP contribution in [0.25, 0.3) is 11.5 Å². The molecule has 0 radical (unpaired) electrons. The molecule has 0 aliphatic heterocycles. The van der Waals surface area contributed by atoms with Gasteiger partial charge in [0.2, 0.25) is 5.89 Å². The number of aromatic nitrogens is 1. The van der Waals surface area contributed by atoms with Gasteiger partial charge >= 0.3 is 0 Å². The fourth-order valence-corrected chi connectivity index (χ4v) is 6.44. The molecule has 4 aliphatic carbocycles. The molecule has 4 saturated carbocycles. The van der Waals surface area contributed by atoms with E-state index in [0.29, 0.717) is 22.8 Å². The van der Waals surface area contributed by atoms with Crippen molar-refractivity contribution in [2.24, 2.45) is 23.2 Å². The average molecular weight is 364 g/mol. The lowest BCUT2D eigenvalue weighted by Crippen LogP contribution is -2.55. The summed E-state index contributed by atoms with van der Waals surface area (Å²) in [5, 5.41) is 3.30. The summed E-state index contributed by atoms with van der Waals surface area (Å²) in [6, 6.07) is 9.94. The van der Waals surface area contributed by atoms with Crippen LogP contribution in [0.5, 0.6) is 0 Å². The lowest BCUT2D eigenvalue weighted by molar-refractivity contribution is -0.0688. The van der Waals surface area contributed by atoms with Crippen LogP contribution in [0.15, 0.2) is 34.7 Å². The molecule has 1 unspecified atom stereocenters.